The number of nitrogens with two attached hydrogens (primary N) is 1. The Morgan fingerprint density at radius 2 is 1.94 bits per heavy atom. The van der Waals surface area contributed by atoms with Crippen LogP contribution in [0.25, 0.3) is 28.0 Å². The molecule has 35 heavy (non-hydrogen) atoms. The molecular formula is C26H31N7O2. The van der Waals surface area contributed by atoms with Crippen LogP contribution in [-0.2, 0) is 4.74 Å². The molecular weight excluding hydrogens is 442 g/mol. The van der Waals surface area contributed by atoms with Gasteiger partial charge in [0.1, 0.15) is 11.8 Å². The average molecular weight is 474 g/mol. The molecule has 2 aliphatic rings. The highest BCUT2D eigenvalue weighted by atomic mass is 16.5. The number of nitrogens with zero attached hydrogens (tertiary/aromatic N) is 6. The first kappa shape index (κ1) is 22.2. The predicted molar refractivity (Wildman–Crippen MR) is 134 cm³/mol. The molecule has 9 nitrogen and oxygen atoms in total. The number of aliphatic hydroxyl groups excluding tert-OH is 1. The predicted octanol–water partition coefficient (Wildman–Crippen LogP) is 3.32. The molecule has 1 aromatic carbocycles. The Labute approximate surface area is 204 Å². The van der Waals surface area contributed by atoms with Crippen LogP contribution in [-0.4, -0.2) is 66.8 Å². The van der Waals surface area contributed by atoms with Crippen molar-refractivity contribution in [2.24, 2.45) is 0 Å². The minimum Gasteiger partial charge on any atom is -0.392 e. The number of hydrogen-bond acceptors (Lipinski definition) is 7. The lowest BCUT2D eigenvalue weighted by molar-refractivity contribution is 0.0667. The molecule has 1 unspecified atom stereocenters. The van der Waals surface area contributed by atoms with E-state index in [9.17, 15) is 5.11 Å². The van der Waals surface area contributed by atoms with Gasteiger partial charge in [-0.05, 0) is 49.9 Å². The summed E-state index contributed by atoms with van der Waals surface area (Å²) in [5.74, 6) is 0.441. The molecule has 0 saturated carbocycles. The number of anilines is 1. The lowest BCUT2D eigenvalue weighted by Crippen LogP contribution is -2.25. The maximum absolute atomic E-state index is 10.00. The van der Waals surface area contributed by atoms with Gasteiger partial charge in [-0.2, -0.15) is 10.2 Å². The van der Waals surface area contributed by atoms with Crippen LogP contribution in [0, 0.1) is 0 Å². The summed E-state index contributed by atoms with van der Waals surface area (Å²) in [6.07, 6.45) is 5.81. The molecule has 2 saturated heterocycles. The Kier molecular flexibility index (Phi) is 5.75. The van der Waals surface area contributed by atoms with E-state index in [-0.39, 0.29) is 18.2 Å². The number of likely N-dealkylation sites (tertiary alicyclic amines) is 1. The van der Waals surface area contributed by atoms with Crippen molar-refractivity contribution in [2.45, 2.75) is 44.4 Å². The second-order valence-corrected chi connectivity index (χ2v) is 9.59. The van der Waals surface area contributed by atoms with Crippen molar-refractivity contribution in [1.82, 2.24) is 29.3 Å². The number of aliphatic hydroxyl groups is 1. The first-order valence-corrected chi connectivity index (χ1v) is 12.4. The molecule has 2 fully saturated rings. The molecule has 2 atom stereocenters. The van der Waals surface area contributed by atoms with E-state index in [1.807, 2.05) is 16.8 Å². The van der Waals surface area contributed by atoms with Crippen molar-refractivity contribution in [3.8, 4) is 22.5 Å². The van der Waals surface area contributed by atoms with Crippen molar-refractivity contribution < 1.29 is 9.84 Å². The van der Waals surface area contributed by atoms with Gasteiger partial charge in [0.15, 0.2) is 5.82 Å². The highest BCUT2D eigenvalue weighted by Crippen LogP contribution is 2.37. The zero-order valence-electron chi connectivity index (χ0n) is 19.9. The topological polar surface area (TPSA) is 107 Å². The summed E-state index contributed by atoms with van der Waals surface area (Å²) in [5.41, 5.74) is 12.4. The summed E-state index contributed by atoms with van der Waals surface area (Å²) in [5, 5.41) is 19.2. The molecule has 0 aliphatic carbocycles. The summed E-state index contributed by atoms with van der Waals surface area (Å²) in [4.78, 5) is 6.63. The van der Waals surface area contributed by atoms with Gasteiger partial charge in [-0.1, -0.05) is 18.2 Å². The second kappa shape index (κ2) is 9.07. The lowest BCUT2D eigenvalue weighted by Gasteiger charge is -2.24. The molecule has 0 spiro atoms. The fourth-order valence-corrected chi connectivity index (χ4v) is 5.51. The Morgan fingerprint density at radius 3 is 2.74 bits per heavy atom. The summed E-state index contributed by atoms with van der Waals surface area (Å²) in [7, 11) is 0. The van der Waals surface area contributed by atoms with Gasteiger partial charge in [-0.25, -0.2) is 9.50 Å². The molecule has 4 aromatic rings. The van der Waals surface area contributed by atoms with E-state index in [0.29, 0.717) is 12.4 Å². The number of rotatable bonds is 5. The third kappa shape index (κ3) is 3.99. The van der Waals surface area contributed by atoms with Gasteiger partial charge in [-0.15, -0.1) is 0 Å². The van der Waals surface area contributed by atoms with E-state index in [4.69, 9.17) is 10.5 Å². The molecule has 0 bridgehead atoms. The third-order valence-corrected chi connectivity index (χ3v) is 7.47. The van der Waals surface area contributed by atoms with Crippen LogP contribution in [0.1, 0.15) is 43.8 Å². The standard InChI is InChI=1S/C26H31N7O2/c1-17(31-10-6-21(34)15-31)18-3-2-4-19(13-18)24-14-22(25-26(27)28-16-30-33(24)25)23-5-9-29-32(23)20-7-11-35-12-8-20/h2-5,9,13-14,16-17,20-21,34H,6-8,10-12,15H2,1H3,(H2,27,28,30)/t17?,21-/m1/s1. The summed E-state index contributed by atoms with van der Waals surface area (Å²) < 4.78 is 9.56. The van der Waals surface area contributed by atoms with Crippen LogP contribution in [0.4, 0.5) is 5.82 Å². The Morgan fingerprint density at radius 1 is 1.09 bits per heavy atom. The quantitative estimate of drug-likeness (QED) is 0.458. The summed E-state index contributed by atoms with van der Waals surface area (Å²) in [6.45, 7) is 5.31. The zero-order chi connectivity index (χ0) is 23.9. The number of hydrogen-bond donors (Lipinski definition) is 2. The molecule has 5 heterocycles. The minimum atomic E-state index is -0.238. The first-order valence-electron chi connectivity index (χ1n) is 12.4. The van der Waals surface area contributed by atoms with Gasteiger partial charge in [-0.3, -0.25) is 9.58 Å². The minimum absolute atomic E-state index is 0.215. The second-order valence-electron chi connectivity index (χ2n) is 9.59. The fraction of sp³-hybridized carbons (Fsp3) is 0.423. The monoisotopic (exact) mass is 473 g/mol. The van der Waals surface area contributed by atoms with Crippen molar-refractivity contribution >= 4 is 11.3 Å². The molecule has 2 aliphatic heterocycles. The van der Waals surface area contributed by atoms with Crippen LogP contribution in [0.5, 0.6) is 0 Å². The number of fused-ring (bicyclic) bond motifs is 1. The van der Waals surface area contributed by atoms with Crippen LogP contribution in [0.3, 0.4) is 0 Å². The number of ether oxygens (including phenoxy) is 1. The average Bonchev–Trinajstić information content (AvgIpc) is 3.63. The Hall–Kier alpha value is -3.27. The number of β-amino-alcohol motifs (C(OH)–C–C–N with tert-alkyl or cyclic N) is 1. The molecule has 182 valence electrons. The van der Waals surface area contributed by atoms with Crippen LogP contribution >= 0.6 is 0 Å². The first-order chi connectivity index (χ1) is 17.1. The van der Waals surface area contributed by atoms with Crippen LogP contribution in [0.2, 0.25) is 0 Å². The van der Waals surface area contributed by atoms with Gasteiger partial charge in [0.2, 0.25) is 0 Å². The highest BCUT2D eigenvalue weighted by molar-refractivity contribution is 5.90. The number of benzene rings is 1. The van der Waals surface area contributed by atoms with Crippen LogP contribution in [0.15, 0.2) is 48.9 Å². The molecule has 3 aromatic heterocycles. The Bertz CT molecular complexity index is 1340. The SMILES string of the molecule is CC(c1cccc(-c2cc(-c3ccnn3C3CCOCC3)c3c(N)ncnn23)c1)N1CC[C@@H](O)C1. The van der Waals surface area contributed by atoms with Crippen molar-refractivity contribution in [3.05, 3.63) is 54.5 Å². The van der Waals surface area contributed by atoms with Crippen molar-refractivity contribution in [2.75, 3.05) is 32.0 Å². The van der Waals surface area contributed by atoms with E-state index in [2.05, 4.69) is 62.0 Å². The van der Waals surface area contributed by atoms with Crippen molar-refractivity contribution in [3.63, 3.8) is 0 Å². The van der Waals surface area contributed by atoms with Gasteiger partial charge in [0, 0.05) is 49.7 Å². The van der Waals surface area contributed by atoms with E-state index >= 15 is 0 Å². The normalized spacial score (nSPS) is 20.6. The number of aromatic nitrogens is 5. The molecule has 0 radical (unpaired) electrons. The zero-order valence-corrected chi connectivity index (χ0v) is 19.9. The van der Waals surface area contributed by atoms with Crippen LogP contribution < -0.4 is 5.73 Å². The van der Waals surface area contributed by atoms with E-state index in [1.54, 1.807) is 0 Å². The van der Waals surface area contributed by atoms with Gasteiger partial charge in [0.05, 0.1) is 23.5 Å². The summed E-state index contributed by atoms with van der Waals surface area (Å²) >= 11 is 0. The van der Waals surface area contributed by atoms with E-state index < -0.39 is 0 Å². The number of nitrogen functional groups attached to an aromatic ring is 1. The molecule has 3 N–H and O–H groups in total. The lowest BCUT2D eigenvalue weighted by atomic mass is 10.0. The van der Waals surface area contributed by atoms with Gasteiger partial charge < -0.3 is 15.6 Å². The highest BCUT2D eigenvalue weighted by Gasteiger charge is 2.26. The van der Waals surface area contributed by atoms with Gasteiger partial charge in [0.25, 0.3) is 0 Å². The van der Waals surface area contributed by atoms with E-state index in [0.717, 1.165) is 67.1 Å². The third-order valence-electron chi connectivity index (χ3n) is 7.47. The van der Waals surface area contributed by atoms with Crippen molar-refractivity contribution in [1.29, 1.82) is 0 Å². The fourth-order valence-electron chi connectivity index (χ4n) is 5.51. The maximum atomic E-state index is 10.00. The Balaban J connectivity index is 1.44. The van der Waals surface area contributed by atoms with E-state index in [1.165, 1.54) is 11.9 Å². The summed E-state index contributed by atoms with van der Waals surface area (Å²) in [6, 6.07) is 13.3. The smallest absolute Gasteiger partial charge is 0.152 e. The molecule has 6 rings (SSSR count). The molecule has 9 heteroatoms. The molecule has 0 amide bonds. The maximum Gasteiger partial charge on any atom is 0.152 e. The largest absolute Gasteiger partial charge is 0.392 e. The van der Waals surface area contributed by atoms with Gasteiger partial charge >= 0.3 is 0 Å².